The summed E-state index contributed by atoms with van der Waals surface area (Å²) in [5.74, 6) is -0.0612. The number of piperidine rings is 1. The summed E-state index contributed by atoms with van der Waals surface area (Å²) in [5.41, 5.74) is 2.60. The van der Waals surface area contributed by atoms with E-state index in [0.29, 0.717) is 38.0 Å². The second kappa shape index (κ2) is 11.1. The molecule has 0 radical (unpaired) electrons. The van der Waals surface area contributed by atoms with Crippen LogP contribution in [0, 0.1) is 18.7 Å². The summed E-state index contributed by atoms with van der Waals surface area (Å²) in [5, 5.41) is 3.01. The molecule has 1 aliphatic heterocycles. The minimum absolute atomic E-state index is 0.0268. The molecule has 172 valence electrons. The fourth-order valence-electron chi connectivity index (χ4n) is 4.14. The highest BCUT2D eigenvalue weighted by molar-refractivity contribution is 5.82. The Morgan fingerprint density at radius 1 is 1.12 bits per heavy atom. The van der Waals surface area contributed by atoms with Crippen molar-refractivity contribution in [1.29, 1.82) is 0 Å². The Kier molecular flexibility index (Phi) is 8.22. The second-order valence-corrected chi connectivity index (χ2v) is 8.26. The molecule has 1 fully saturated rings. The third kappa shape index (κ3) is 6.07. The molecule has 2 amide bonds. The van der Waals surface area contributed by atoms with Gasteiger partial charge in [-0.3, -0.25) is 9.59 Å². The number of hydrogen-bond donors (Lipinski definition) is 1. The van der Waals surface area contributed by atoms with Gasteiger partial charge in [0.25, 0.3) is 0 Å². The van der Waals surface area contributed by atoms with Crippen LogP contribution in [0.25, 0.3) is 0 Å². The topological polar surface area (TPSA) is 67.9 Å². The van der Waals surface area contributed by atoms with Gasteiger partial charge in [0.2, 0.25) is 11.8 Å². The van der Waals surface area contributed by atoms with Crippen molar-refractivity contribution in [3.05, 3.63) is 65.0 Å². The first-order valence-corrected chi connectivity index (χ1v) is 10.8. The van der Waals surface area contributed by atoms with Gasteiger partial charge in [0.1, 0.15) is 18.2 Å². The van der Waals surface area contributed by atoms with Gasteiger partial charge in [-0.05, 0) is 54.7 Å². The molecule has 2 aromatic rings. The van der Waals surface area contributed by atoms with Crippen LogP contribution in [-0.4, -0.2) is 57.2 Å². The van der Waals surface area contributed by atoms with Crippen LogP contribution in [0.15, 0.2) is 42.5 Å². The first kappa shape index (κ1) is 23.7. The Bertz CT molecular complexity index is 932. The van der Waals surface area contributed by atoms with Gasteiger partial charge in [0.05, 0.1) is 13.0 Å². The monoisotopic (exact) mass is 442 g/mol. The number of halogens is 1. The second-order valence-electron chi connectivity index (χ2n) is 8.26. The maximum atomic E-state index is 13.7. The van der Waals surface area contributed by atoms with Gasteiger partial charge >= 0.3 is 0 Å². The number of likely N-dealkylation sites (tertiary alicyclic amines) is 1. The van der Waals surface area contributed by atoms with Crippen molar-refractivity contribution in [1.82, 2.24) is 10.2 Å². The Morgan fingerprint density at radius 2 is 1.88 bits per heavy atom. The van der Waals surface area contributed by atoms with E-state index in [2.05, 4.69) is 5.32 Å². The Hall–Kier alpha value is -2.93. The van der Waals surface area contributed by atoms with Gasteiger partial charge < -0.3 is 19.7 Å². The van der Waals surface area contributed by atoms with Gasteiger partial charge in [0.15, 0.2) is 0 Å². The molecule has 0 unspecified atom stereocenters. The Balaban J connectivity index is 1.66. The Morgan fingerprint density at radius 3 is 2.53 bits per heavy atom. The molecule has 6 nitrogen and oxygen atoms in total. The van der Waals surface area contributed by atoms with Crippen LogP contribution in [0.3, 0.4) is 0 Å². The van der Waals surface area contributed by atoms with E-state index in [0.717, 1.165) is 16.9 Å². The van der Waals surface area contributed by atoms with Crippen LogP contribution in [0.2, 0.25) is 0 Å². The lowest BCUT2D eigenvalue weighted by molar-refractivity contribution is -0.139. The highest BCUT2D eigenvalue weighted by Gasteiger charge is 2.34. The molecule has 0 bridgehead atoms. The van der Waals surface area contributed by atoms with Gasteiger partial charge in [0, 0.05) is 32.7 Å². The third-order valence-corrected chi connectivity index (χ3v) is 5.97. The van der Waals surface area contributed by atoms with E-state index < -0.39 is 0 Å². The molecule has 1 N–H and O–H groups in total. The number of aryl methyl sites for hydroxylation is 1. The van der Waals surface area contributed by atoms with Crippen LogP contribution in [0.5, 0.6) is 5.75 Å². The zero-order valence-electron chi connectivity index (χ0n) is 18.9. The number of methoxy groups -OCH3 is 2. The average molecular weight is 443 g/mol. The van der Waals surface area contributed by atoms with E-state index in [1.54, 1.807) is 25.0 Å². The number of nitrogens with one attached hydrogen (secondary N) is 1. The van der Waals surface area contributed by atoms with Crippen LogP contribution in [0.1, 0.15) is 29.0 Å². The molecule has 0 saturated carbocycles. The van der Waals surface area contributed by atoms with Gasteiger partial charge in [-0.25, -0.2) is 4.39 Å². The summed E-state index contributed by atoms with van der Waals surface area (Å²) in [6.07, 6.45) is 1.31. The highest BCUT2D eigenvalue weighted by Crippen LogP contribution is 2.31. The van der Waals surface area contributed by atoms with Crippen molar-refractivity contribution in [2.75, 3.05) is 40.5 Å². The van der Waals surface area contributed by atoms with Gasteiger partial charge in [-0.2, -0.15) is 0 Å². The molecule has 32 heavy (non-hydrogen) atoms. The summed E-state index contributed by atoms with van der Waals surface area (Å²) < 4.78 is 23.9. The van der Waals surface area contributed by atoms with Gasteiger partial charge in [-0.1, -0.05) is 24.3 Å². The molecule has 0 aromatic heterocycles. The SMILES string of the molecule is COCC(=O)N1C[C@H](C(=O)NCCc2ccc(OC)cc2)C[C@H](c2ccc(F)c(C)c2)C1. The Labute approximate surface area is 188 Å². The van der Waals surface area contributed by atoms with Crippen LogP contribution in [0.4, 0.5) is 4.39 Å². The molecular weight excluding hydrogens is 411 g/mol. The zero-order valence-corrected chi connectivity index (χ0v) is 18.9. The van der Waals surface area contributed by atoms with Crippen molar-refractivity contribution in [3.8, 4) is 5.75 Å². The van der Waals surface area contributed by atoms with E-state index in [9.17, 15) is 14.0 Å². The van der Waals surface area contributed by atoms with E-state index in [-0.39, 0.29) is 36.1 Å². The normalized spacial score (nSPS) is 18.3. The molecule has 1 aliphatic rings. The largest absolute Gasteiger partial charge is 0.497 e. The lowest BCUT2D eigenvalue weighted by Gasteiger charge is -2.37. The number of ether oxygens (including phenoxy) is 2. The van der Waals surface area contributed by atoms with Crippen LogP contribution >= 0.6 is 0 Å². The van der Waals surface area contributed by atoms with Crippen molar-refractivity contribution in [2.45, 2.75) is 25.7 Å². The summed E-state index contributed by atoms with van der Waals surface area (Å²) >= 11 is 0. The number of carbonyl (C=O) groups is 2. The molecule has 7 heteroatoms. The smallest absolute Gasteiger partial charge is 0.248 e. The summed E-state index contributed by atoms with van der Waals surface area (Å²) in [4.78, 5) is 27.2. The molecular formula is C25H31FN2O4. The predicted molar refractivity (Wildman–Crippen MR) is 120 cm³/mol. The molecule has 0 spiro atoms. The molecule has 2 atom stereocenters. The van der Waals surface area contributed by atoms with Gasteiger partial charge in [-0.15, -0.1) is 0 Å². The number of hydrogen-bond acceptors (Lipinski definition) is 4. The highest BCUT2D eigenvalue weighted by atomic mass is 19.1. The van der Waals surface area contributed by atoms with Crippen LogP contribution in [-0.2, 0) is 20.7 Å². The fraction of sp³-hybridized carbons (Fsp3) is 0.440. The summed E-state index contributed by atoms with van der Waals surface area (Å²) in [6, 6.07) is 12.7. The molecule has 3 rings (SSSR count). The van der Waals surface area contributed by atoms with Crippen molar-refractivity contribution >= 4 is 11.8 Å². The van der Waals surface area contributed by atoms with E-state index in [4.69, 9.17) is 9.47 Å². The first-order chi connectivity index (χ1) is 15.4. The number of carbonyl (C=O) groups excluding carboxylic acids is 2. The number of benzene rings is 2. The van der Waals surface area contributed by atoms with E-state index in [1.165, 1.54) is 13.2 Å². The quantitative estimate of drug-likeness (QED) is 0.682. The van der Waals surface area contributed by atoms with Crippen molar-refractivity contribution in [3.63, 3.8) is 0 Å². The molecule has 1 saturated heterocycles. The minimum atomic E-state index is -0.337. The zero-order chi connectivity index (χ0) is 23.1. The van der Waals surface area contributed by atoms with Crippen molar-refractivity contribution < 1.29 is 23.5 Å². The van der Waals surface area contributed by atoms with Crippen LogP contribution < -0.4 is 10.1 Å². The standard InChI is InChI=1S/C25H31FN2O4/c1-17-12-19(6-9-23(17)26)20-13-21(15-28(14-20)24(29)16-31-2)25(30)27-11-10-18-4-7-22(32-3)8-5-18/h4-9,12,20-21H,10-11,13-16H2,1-3H3,(H,27,30)/t20-,21+/m0/s1. The minimum Gasteiger partial charge on any atom is -0.497 e. The fourth-order valence-corrected chi connectivity index (χ4v) is 4.14. The molecule has 2 aromatic carbocycles. The van der Waals surface area contributed by atoms with Crippen molar-refractivity contribution in [2.24, 2.45) is 5.92 Å². The lowest BCUT2D eigenvalue weighted by Crippen LogP contribution is -2.49. The predicted octanol–water partition coefficient (Wildman–Crippen LogP) is 3.08. The van der Waals surface area contributed by atoms with E-state index >= 15 is 0 Å². The molecule has 1 heterocycles. The first-order valence-electron chi connectivity index (χ1n) is 10.8. The number of rotatable bonds is 8. The molecule has 0 aliphatic carbocycles. The lowest BCUT2D eigenvalue weighted by atomic mass is 9.83. The summed E-state index contributed by atoms with van der Waals surface area (Å²) in [7, 11) is 3.10. The average Bonchev–Trinajstić information content (AvgIpc) is 2.81. The third-order valence-electron chi connectivity index (χ3n) is 5.97. The maximum Gasteiger partial charge on any atom is 0.248 e. The maximum absolute atomic E-state index is 13.7. The van der Waals surface area contributed by atoms with E-state index in [1.807, 2.05) is 30.3 Å². The number of amides is 2. The summed E-state index contributed by atoms with van der Waals surface area (Å²) in [6.45, 7) is 3.05. The number of nitrogens with zero attached hydrogens (tertiary/aromatic N) is 1.